The van der Waals surface area contributed by atoms with Crippen molar-refractivity contribution < 1.29 is 29.0 Å². The Balaban J connectivity index is 1.65. The smallest absolute Gasteiger partial charge is 0.268 e. The van der Waals surface area contributed by atoms with Gasteiger partial charge in [-0.1, -0.05) is 30.3 Å². The number of hydrogen-bond acceptors (Lipinski definition) is 8. The number of carbonyl (C=O) groups is 4. The fourth-order valence-electron chi connectivity index (χ4n) is 4.21. The zero-order valence-electron chi connectivity index (χ0n) is 17.5. The van der Waals surface area contributed by atoms with E-state index < -0.39 is 51.0 Å². The van der Waals surface area contributed by atoms with Crippen LogP contribution in [-0.2, 0) is 0 Å². The average Bonchev–Trinajstić information content (AvgIpc) is 3.25. The third kappa shape index (κ3) is 3.15. The Morgan fingerprint density at radius 2 is 0.971 bits per heavy atom. The van der Waals surface area contributed by atoms with E-state index in [0.717, 1.165) is 36.4 Å². The summed E-state index contributed by atoms with van der Waals surface area (Å²) in [6.07, 6.45) is -1.53. The second-order valence-corrected chi connectivity index (χ2v) is 7.72. The zero-order valence-corrected chi connectivity index (χ0v) is 17.5. The van der Waals surface area contributed by atoms with Crippen LogP contribution in [0.3, 0.4) is 0 Å². The van der Waals surface area contributed by atoms with E-state index in [-0.39, 0.29) is 27.8 Å². The molecule has 3 aromatic carbocycles. The molecule has 12 nitrogen and oxygen atoms in total. The van der Waals surface area contributed by atoms with Gasteiger partial charge in [0.15, 0.2) is 0 Å². The number of nitro groups is 2. The molecule has 0 N–H and O–H groups in total. The van der Waals surface area contributed by atoms with E-state index in [1.807, 2.05) is 0 Å². The molecule has 0 aromatic heterocycles. The normalized spacial score (nSPS) is 14.5. The lowest BCUT2D eigenvalue weighted by Crippen LogP contribution is -2.47. The third-order valence-electron chi connectivity index (χ3n) is 5.81. The lowest BCUT2D eigenvalue weighted by atomic mass is 10.1. The molecule has 0 bridgehead atoms. The Hall–Kier alpha value is -5.26. The Labute approximate surface area is 195 Å². The Morgan fingerprint density at radius 1 is 0.571 bits per heavy atom. The molecule has 0 atom stereocenters. The minimum atomic E-state index is -1.53. The monoisotopic (exact) mass is 472 g/mol. The first-order valence-electron chi connectivity index (χ1n) is 10.1. The van der Waals surface area contributed by atoms with E-state index in [4.69, 9.17) is 0 Å². The molecule has 3 aromatic rings. The lowest BCUT2D eigenvalue weighted by molar-refractivity contribution is -0.385. The van der Waals surface area contributed by atoms with Gasteiger partial charge in [-0.25, -0.2) is 9.80 Å². The van der Waals surface area contributed by atoms with Crippen LogP contribution in [0, 0.1) is 20.2 Å². The van der Waals surface area contributed by atoms with E-state index >= 15 is 0 Å². The number of non-ortho nitro benzene ring substituents is 2. The molecule has 5 rings (SSSR count). The molecule has 2 heterocycles. The maximum absolute atomic E-state index is 13.3. The van der Waals surface area contributed by atoms with E-state index in [1.54, 1.807) is 18.2 Å². The molecule has 12 heteroatoms. The van der Waals surface area contributed by atoms with Crippen LogP contribution in [0.5, 0.6) is 0 Å². The van der Waals surface area contributed by atoms with Gasteiger partial charge < -0.3 is 0 Å². The number of amides is 4. The summed E-state index contributed by atoms with van der Waals surface area (Å²) >= 11 is 0. The first kappa shape index (κ1) is 21.6. The summed E-state index contributed by atoms with van der Waals surface area (Å²) in [5.41, 5.74) is -1.29. The second-order valence-electron chi connectivity index (χ2n) is 7.72. The molecule has 0 unspecified atom stereocenters. The van der Waals surface area contributed by atoms with E-state index in [0.29, 0.717) is 9.80 Å². The molecule has 2 aliphatic heterocycles. The Morgan fingerprint density at radius 3 is 1.37 bits per heavy atom. The van der Waals surface area contributed by atoms with Gasteiger partial charge in [0.2, 0.25) is 0 Å². The predicted octanol–water partition coefficient (Wildman–Crippen LogP) is 3.09. The van der Waals surface area contributed by atoms with Crippen molar-refractivity contribution in [1.82, 2.24) is 9.80 Å². The van der Waals surface area contributed by atoms with Gasteiger partial charge in [0.1, 0.15) is 6.17 Å². The number of nitrogens with zero attached hydrogens (tertiary/aromatic N) is 4. The average molecular weight is 472 g/mol. The predicted molar refractivity (Wildman–Crippen MR) is 116 cm³/mol. The molecule has 0 fully saturated rings. The molecule has 2 aliphatic rings. The zero-order chi connectivity index (χ0) is 25.0. The van der Waals surface area contributed by atoms with Crippen LogP contribution in [0.15, 0.2) is 66.7 Å². The number of nitro benzene ring substituents is 2. The van der Waals surface area contributed by atoms with Crippen LogP contribution in [-0.4, -0.2) is 43.3 Å². The topological polar surface area (TPSA) is 161 Å². The highest BCUT2D eigenvalue weighted by Crippen LogP contribution is 2.39. The largest absolute Gasteiger partial charge is 0.270 e. The maximum Gasteiger partial charge on any atom is 0.270 e. The van der Waals surface area contributed by atoms with Gasteiger partial charge in [0.05, 0.1) is 32.1 Å². The van der Waals surface area contributed by atoms with E-state index in [1.165, 1.54) is 12.1 Å². The summed E-state index contributed by atoms with van der Waals surface area (Å²) in [7, 11) is 0. The second kappa shape index (κ2) is 7.66. The molecule has 35 heavy (non-hydrogen) atoms. The van der Waals surface area contributed by atoms with Gasteiger partial charge in [0, 0.05) is 24.3 Å². The van der Waals surface area contributed by atoms with Gasteiger partial charge in [0.25, 0.3) is 35.0 Å². The minimum Gasteiger partial charge on any atom is -0.268 e. The highest BCUT2D eigenvalue weighted by atomic mass is 16.6. The summed E-state index contributed by atoms with van der Waals surface area (Å²) in [6.45, 7) is 0. The molecule has 0 saturated carbocycles. The van der Waals surface area contributed by atoms with Crippen molar-refractivity contribution in [3.05, 3.63) is 115 Å². The Kier molecular flexibility index (Phi) is 4.72. The number of rotatable bonds is 5. The number of hydrogen-bond donors (Lipinski definition) is 0. The molecule has 0 saturated heterocycles. The van der Waals surface area contributed by atoms with E-state index in [2.05, 4.69) is 0 Å². The standard InChI is InChI=1S/C23H12N4O8/c28-20-15-8-6-13(26(32)33)10-17(15)22(30)24(20)19(12-4-2-1-3-5-12)25-21(29)16-9-7-14(27(34)35)11-18(16)23(25)31/h1-11,19H. The molecular weight excluding hydrogens is 460 g/mol. The first-order chi connectivity index (χ1) is 16.7. The van der Waals surface area contributed by atoms with Crippen LogP contribution >= 0.6 is 0 Å². The summed E-state index contributed by atoms with van der Waals surface area (Å²) in [5.74, 6) is -3.55. The SMILES string of the molecule is O=C1c2ccc([N+](=O)[O-])cc2C(=O)N1C(c1ccccc1)N1C(=O)c2ccc([N+](=O)[O-])cc2C1=O. The van der Waals surface area contributed by atoms with Crippen molar-refractivity contribution in [2.45, 2.75) is 6.17 Å². The highest BCUT2D eigenvalue weighted by Gasteiger charge is 2.50. The molecule has 0 spiro atoms. The van der Waals surface area contributed by atoms with Crippen LogP contribution in [0.1, 0.15) is 53.2 Å². The van der Waals surface area contributed by atoms with Crippen LogP contribution in [0.25, 0.3) is 0 Å². The number of benzene rings is 3. The number of fused-ring (bicyclic) bond motifs is 2. The first-order valence-corrected chi connectivity index (χ1v) is 10.1. The minimum absolute atomic E-state index is 0.117. The molecule has 0 radical (unpaired) electrons. The molecule has 0 aliphatic carbocycles. The summed E-state index contributed by atoms with van der Waals surface area (Å²) in [5, 5.41) is 22.3. The van der Waals surface area contributed by atoms with Gasteiger partial charge >= 0.3 is 0 Å². The van der Waals surface area contributed by atoms with Crippen LogP contribution < -0.4 is 0 Å². The fourth-order valence-corrected chi connectivity index (χ4v) is 4.21. The van der Waals surface area contributed by atoms with Crippen molar-refractivity contribution in [2.75, 3.05) is 0 Å². The highest BCUT2D eigenvalue weighted by molar-refractivity contribution is 6.24. The van der Waals surface area contributed by atoms with Crippen molar-refractivity contribution in [1.29, 1.82) is 0 Å². The van der Waals surface area contributed by atoms with Gasteiger partial charge in [-0.05, 0) is 17.7 Å². The van der Waals surface area contributed by atoms with Crippen molar-refractivity contribution in [3.8, 4) is 0 Å². The van der Waals surface area contributed by atoms with Crippen LogP contribution in [0.2, 0.25) is 0 Å². The van der Waals surface area contributed by atoms with Crippen molar-refractivity contribution in [2.24, 2.45) is 0 Å². The summed E-state index contributed by atoms with van der Waals surface area (Å²) in [4.78, 5) is 75.5. The van der Waals surface area contributed by atoms with Crippen molar-refractivity contribution in [3.63, 3.8) is 0 Å². The number of imide groups is 2. The van der Waals surface area contributed by atoms with Gasteiger partial charge in [-0.2, -0.15) is 0 Å². The van der Waals surface area contributed by atoms with Gasteiger partial charge in [-0.3, -0.25) is 39.4 Å². The summed E-state index contributed by atoms with van der Waals surface area (Å²) < 4.78 is 0. The maximum atomic E-state index is 13.3. The molecular formula is C23H12N4O8. The fraction of sp³-hybridized carbons (Fsp3) is 0.0435. The summed E-state index contributed by atoms with van der Waals surface area (Å²) in [6, 6.07) is 14.2. The van der Waals surface area contributed by atoms with Gasteiger partial charge in [-0.15, -0.1) is 0 Å². The molecule has 4 amide bonds. The van der Waals surface area contributed by atoms with E-state index in [9.17, 15) is 39.4 Å². The third-order valence-corrected chi connectivity index (χ3v) is 5.81. The number of carbonyl (C=O) groups excluding carboxylic acids is 4. The lowest BCUT2D eigenvalue weighted by Gasteiger charge is -2.33. The Bertz CT molecular complexity index is 1410. The van der Waals surface area contributed by atoms with Crippen molar-refractivity contribution >= 4 is 35.0 Å². The van der Waals surface area contributed by atoms with Crippen LogP contribution in [0.4, 0.5) is 11.4 Å². The molecule has 172 valence electrons. The quantitative estimate of drug-likeness (QED) is 0.311.